The van der Waals surface area contributed by atoms with Crippen LogP contribution in [-0.4, -0.2) is 29.1 Å². The fourth-order valence-corrected chi connectivity index (χ4v) is 3.26. The Morgan fingerprint density at radius 3 is 2.51 bits per heavy atom. The molecule has 0 radical (unpaired) electrons. The van der Waals surface area contributed by atoms with Gasteiger partial charge in [-0.2, -0.15) is 13.2 Å². The van der Waals surface area contributed by atoms with Crippen molar-refractivity contribution in [3.8, 4) is 0 Å². The Morgan fingerprint density at radius 2 is 1.80 bits per heavy atom. The van der Waals surface area contributed by atoms with E-state index in [4.69, 9.17) is 4.84 Å². The molecule has 0 unspecified atom stereocenters. The number of hydroxylamine groups is 1. The molecule has 0 bridgehead atoms. The van der Waals surface area contributed by atoms with Crippen LogP contribution in [0.25, 0.3) is 0 Å². The molecule has 3 aromatic rings. The largest absolute Gasteiger partial charge is 0.435 e. The average Bonchev–Trinajstić information content (AvgIpc) is 3.01. The van der Waals surface area contributed by atoms with Gasteiger partial charge in [0.1, 0.15) is 6.54 Å². The van der Waals surface area contributed by atoms with Gasteiger partial charge in [0, 0.05) is 28.9 Å². The maximum atomic E-state index is 12.9. The number of amides is 1. The number of anilines is 1. The summed E-state index contributed by atoms with van der Waals surface area (Å²) in [6.07, 6.45) is -5.64. The second-order valence-corrected chi connectivity index (χ2v) is 7.24. The molecule has 3 aromatic carbocycles. The smallest absolute Gasteiger partial charge is 0.323 e. The molecule has 9 nitrogen and oxygen atoms in total. The van der Waals surface area contributed by atoms with E-state index in [1.54, 1.807) is 24.3 Å². The molecule has 2 N–H and O–H groups in total. The van der Waals surface area contributed by atoms with E-state index in [9.17, 15) is 28.1 Å². The van der Waals surface area contributed by atoms with Crippen LogP contribution >= 0.6 is 0 Å². The Bertz CT molecular complexity index is 1340. The highest BCUT2D eigenvalue weighted by atomic mass is 19.4. The van der Waals surface area contributed by atoms with Crippen molar-refractivity contribution >= 4 is 34.7 Å². The van der Waals surface area contributed by atoms with Crippen LogP contribution in [0.15, 0.2) is 82.8 Å². The number of carbonyl (C=O) groups excluding carboxylic acids is 1. The maximum Gasteiger partial charge on any atom is 0.435 e. The van der Waals surface area contributed by atoms with Crippen LogP contribution in [0, 0.1) is 10.1 Å². The number of nitro benzene ring substituents is 1. The van der Waals surface area contributed by atoms with Gasteiger partial charge in [0.05, 0.1) is 21.9 Å². The van der Waals surface area contributed by atoms with Gasteiger partial charge < -0.3 is 4.84 Å². The summed E-state index contributed by atoms with van der Waals surface area (Å²) in [5.41, 5.74) is 3.09. The molecule has 4 rings (SSSR count). The number of rotatable bonds is 3. The molecular weight excluding hydrogens is 467 g/mol. The van der Waals surface area contributed by atoms with Gasteiger partial charge in [-0.3, -0.25) is 20.4 Å². The van der Waals surface area contributed by atoms with Crippen LogP contribution in [0.1, 0.15) is 16.7 Å². The topological polar surface area (TPSA) is 118 Å². The van der Waals surface area contributed by atoms with Crippen molar-refractivity contribution in [1.82, 2.24) is 5.48 Å². The van der Waals surface area contributed by atoms with Crippen molar-refractivity contribution < 1.29 is 27.7 Å². The highest BCUT2D eigenvalue weighted by Gasteiger charge is 2.30. The number of non-ortho nitro benzene ring substituents is 1. The molecule has 0 atom stereocenters. The molecule has 0 saturated heterocycles. The number of hydrogen-bond acceptors (Lipinski definition) is 7. The molecule has 35 heavy (non-hydrogen) atoms. The number of carbonyl (C=O) groups is 1. The lowest BCUT2D eigenvalue weighted by Crippen LogP contribution is -2.31. The lowest BCUT2D eigenvalue weighted by atomic mass is 10.00. The minimum Gasteiger partial charge on any atom is -0.323 e. The fourth-order valence-electron chi connectivity index (χ4n) is 3.26. The van der Waals surface area contributed by atoms with Crippen LogP contribution in [0.3, 0.4) is 0 Å². The molecule has 0 spiro atoms. The predicted molar refractivity (Wildman–Crippen MR) is 122 cm³/mol. The fraction of sp³-hybridized carbons (Fsp3) is 0.0870. The number of alkyl halides is 3. The quantitative estimate of drug-likeness (QED) is 0.390. The molecule has 0 aromatic heterocycles. The van der Waals surface area contributed by atoms with Gasteiger partial charge in [0.15, 0.2) is 5.84 Å². The third-order valence-electron chi connectivity index (χ3n) is 4.83. The first-order valence-electron chi connectivity index (χ1n) is 10.1. The van der Waals surface area contributed by atoms with Crippen molar-refractivity contribution in [1.29, 1.82) is 0 Å². The van der Waals surface area contributed by atoms with E-state index in [1.807, 2.05) is 6.07 Å². The minimum atomic E-state index is -4.56. The van der Waals surface area contributed by atoms with Crippen molar-refractivity contribution in [3.05, 3.63) is 99.6 Å². The lowest BCUT2D eigenvalue weighted by Gasteiger charge is -2.11. The monoisotopic (exact) mass is 483 g/mol. The number of fused-ring (bicyclic) bond motifs is 1. The number of nitro groups is 1. The van der Waals surface area contributed by atoms with Crippen LogP contribution in [0.2, 0.25) is 0 Å². The zero-order valence-electron chi connectivity index (χ0n) is 17.7. The summed E-state index contributed by atoms with van der Waals surface area (Å²) < 4.78 is 38.6. The third-order valence-corrected chi connectivity index (χ3v) is 4.83. The summed E-state index contributed by atoms with van der Waals surface area (Å²) in [6.45, 7) is -0.0659. The van der Waals surface area contributed by atoms with Gasteiger partial charge in [-0.15, -0.1) is 0 Å². The average molecular weight is 483 g/mol. The minimum absolute atomic E-state index is 0.0659. The van der Waals surface area contributed by atoms with Crippen LogP contribution in [0.4, 0.5) is 35.0 Å². The highest BCUT2D eigenvalue weighted by molar-refractivity contribution is 6.17. The number of hydrogen-bond donors (Lipinski definition) is 2. The molecule has 0 aliphatic carbocycles. The first kappa shape index (κ1) is 23.4. The normalized spacial score (nSPS) is 13.0. The van der Waals surface area contributed by atoms with E-state index < -0.39 is 22.8 Å². The molecule has 1 heterocycles. The van der Waals surface area contributed by atoms with Gasteiger partial charge in [-0.05, 0) is 24.3 Å². The molecule has 12 heteroatoms. The summed E-state index contributed by atoms with van der Waals surface area (Å²) in [5.74, 6) is 0.102. The standard InChI is InChI=1S/C23H16F3N5O4/c24-23(25,26)15-7-4-8-16(11-15)28-22(32)35-30-20-13-27-21(14-5-2-1-3-6-14)18-12-17(31(33)34)9-10-19(18)29-20/h1-12H,13H2,(H,28,32)(H,29,30). The first-order valence-corrected chi connectivity index (χ1v) is 10.1. The Labute approximate surface area is 196 Å². The Kier molecular flexibility index (Phi) is 6.44. The molecule has 1 aliphatic heterocycles. The Morgan fingerprint density at radius 1 is 1.03 bits per heavy atom. The second-order valence-electron chi connectivity index (χ2n) is 7.24. The van der Waals surface area contributed by atoms with E-state index >= 15 is 0 Å². The van der Waals surface area contributed by atoms with Crippen LogP contribution in [-0.2, 0) is 11.0 Å². The summed E-state index contributed by atoms with van der Waals surface area (Å²) in [4.78, 5) is 36.6. The molecule has 1 aliphatic rings. The lowest BCUT2D eigenvalue weighted by molar-refractivity contribution is -0.384. The van der Waals surface area contributed by atoms with E-state index in [-0.39, 0.29) is 23.8 Å². The van der Waals surface area contributed by atoms with E-state index in [1.165, 1.54) is 24.3 Å². The predicted octanol–water partition coefficient (Wildman–Crippen LogP) is 5.25. The van der Waals surface area contributed by atoms with E-state index in [0.29, 0.717) is 22.5 Å². The molecular formula is C23H16F3N5O4. The molecule has 0 saturated carbocycles. The van der Waals surface area contributed by atoms with E-state index in [2.05, 4.69) is 20.8 Å². The van der Waals surface area contributed by atoms with Gasteiger partial charge >= 0.3 is 12.3 Å². The number of nitrogens with zero attached hydrogens (tertiary/aromatic N) is 3. The number of benzene rings is 3. The highest BCUT2D eigenvalue weighted by Crippen LogP contribution is 2.31. The summed E-state index contributed by atoms with van der Waals surface area (Å²) in [7, 11) is 0. The summed E-state index contributed by atoms with van der Waals surface area (Å²) >= 11 is 0. The number of nitrogens with one attached hydrogen (secondary N) is 2. The molecule has 1 amide bonds. The van der Waals surface area contributed by atoms with Crippen molar-refractivity contribution in [2.75, 3.05) is 11.9 Å². The Balaban J connectivity index is 1.54. The first-order chi connectivity index (χ1) is 16.7. The van der Waals surface area contributed by atoms with E-state index in [0.717, 1.165) is 18.2 Å². The van der Waals surface area contributed by atoms with Crippen molar-refractivity contribution in [2.24, 2.45) is 9.98 Å². The van der Waals surface area contributed by atoms with Gasteiger partial charge in [-0.1, -0.05) is 36.4 Å². The molecule has 0 fully saturated rings. The van der Waals surface area contributed by atoms with Gasteiger partial charge in [-0.25, -0.2) is 15.3 Å². The Hall–Kier alpha value is -4.74. The second kappa shape index (κ2) is 9.63. The van der Waals surface area contributed by atoms with Crippen LogP contribution in [0.5, 0.6) is 0 Å². The zero-order valence-corrected chi connectivity index (χ0v) is 17.7. The third kappa shape index (κ3) is 5.61. The van der Waals surface area contributed by atoms with Crippen LogP contribution < -0.4 is 10.8 Å². The zero-order chi connectivity index (χ0) is 25.0. The summed E-state index contributed by atoms with van der Waals surface area (Å²) in [5, 5.41) is 13.5. The molecule has 178 valence electrons. The number of amidine groups is 1. The SMILES string of the molecule is O=C(Nc1cccc(C(F)(F)F)c1)ONC1=Nc2ccc([N+](=O)[O-])cc2C(c2ccccc2)=NC1. The van der Waals surface area contributed by atoms with Crippen molar-refractivity contribution in [3.63, 3.8) is 0 Å². The maximum absolute atomic E-state index is 12.9. The summed E-state index contributed by atoms with van der Waals surface area (Å²) in [6, 6.07) is 17.1. The number of halogens is 3. The number of aliphatic imine (C=N–C) groups is 2. The van der Waals surface area contributed by atoms with Gasteiger partial charge in [0.25, 0.3) is 5.69 Å². The van der Waals surface area contributed by atoms with Gasteiger partial charge in [0.2, 0.25) is 0 Å². The van der Waals surface area contributed by atoms with Crippen molar-refractivity contribution in [2.45, 2.75) is 6.18 Å².